The zero-order chi connectivity index (χ0) is 11.4. The molecule has 14 heavy (non-hydrogen) atoms. The number of rotatable bonds is 5. The molecule has 1 atom stereocenters. The van der Waals surface area contributed by atoms with Gasteiger partial charge in [0, 0.05) is 9.47 Å². The lowest BCUT2D eigenvalue weighted by Crippen LogP contribution is -2.30. The second-order valence-electron chi connectivity index (χ2n) is 3.52. The molecule has 0 aliphatic heterocycles. The highest BCUT2D eigenvalue weighted by Gasteiger charge is 2.27. The van der Waals surface area contributed by atoms with E-state index < -0.39 is 7.51 Å². The van der Waals surface area contributed by atoms with E-state index >= 15 is 0 Å². The molecule has 0 aromatic heterocycles. The first-order valence-corrected chi connectivity index (χ1v) is 6.40. The van der Waals surface area contributed by atoms with Gasteiger partial charge in [0.05, 0.1) is 0 Å². The van der Waals surface area contributed by atoms with Crippen LogP contribution in [-0.4, -0.2) is 63.0 Å². The fourth-order valence-electron chi connectivity index (χ4n) is 1.56. The molecule has 0 saturated carbocycles. The minimum absolute atomic E-state index is 0.396. The van der Waals surface area contributed by atoms with Gasteiger partial charge in [0.2, 0.25) is 0 Å². The molecule has 0 aromatic rings. The summed E-state index contributed by atoms with van der Waals surface area (Å²) in [5.74, 6) is 0. The third kappa shape index (κ3) is 2.99. The van der Waals surface area contributed by atoms with E-state index in [9.17, 15) is 0 Å². The average Bonchev–Trinajstić information content (AvgIpc) is 2.03. The lowest BCUT2D eigenvalue weighted by atomic mass is 11.2. The maximum Gasteiger partial charge on any atom is 0.168 e. The molecule has 0 aromatic carbocycles. The van der Waals surface area contributed by atoms with Crippen LogP contribution in [0.4, 0.5) is 0 Å². The predicted molar refractivity (Wildman–Crippen MR) is 66.1 cm³/mol. The summed E-state index contributed by atoms with van der Waals surface area (Å²) >= 11 is 0. The van der Waals surface area contributed by atoms with E-state index in [1.165, 1.54) is 0 Å². The van der Waals surface area contributed by atoms with Crippen LogP contribution in [0.5, 0.6) is 0 Å². The second-order valence-corrected chi connectivity index (χ2v) is 7.60. The SMILES string of the molecule is CN(C)P(=NCOP)(N(C)C)N(C)C. The molecule has 0 spiro atoms. The quantitative estimate of drug-likeness (QED) is 0.679. The maximum absolute atomic E-state index is 4.95. The Balaban J connectivity index is 5.16. The third-order valence-corrected chi connectivity index (χ3v) is 5.80. The molecule has 0 amide bonds. The van der Waals surface area contributed by atoms with Crippen LogP contribution in [0.25, 0.3) is 0 Å². The zero-order valence-electron chi connectivity index (χ0n) is 9.93. The van der Waals surface area contributed by atoms with Crippen molar-refractivity contribution in [2.24, 2.45) is 4.74 Å². The van der Waals surface area contributed by atoms with Gasteiger partial charge in [0.1, 0.15) is 6.73 Å². The predicted octanol–water partition coefficient (Wildman–Crippen LogP) is 1.38. The van der Waals surface area contributed by atoms with Crippen molar-refractivity contribution in [3.63, 3.8) is 0 Å². The Morgan fingerprint density at radius 1 is 1.00 bits per heavy atom. The van der Waals surface area contributed by atoms with Crippen LogP contribution in [0.3, 0.4) is 0 Å². The molecule has 86 valence electrons. The second kappa shape index (κ2) is 6.16. The lowest BCUT2D eigenvalue weighted by Gasteiger charge is -2.40. The van der Waals surface area contributed by atoms with Crippen molar-refractivity contribution in [2.75, 3.05) is 49.0 Å². The van der Waals surface area contributed by atoms with Gasteiger partial charge in [-0.05, 0) is 42.3 Å². The van der Waals surface area contributed by atoms with Crippen LogP contribution in [0.2, 0.25) is 0 Å². The first-order chi connectivity index (χ1) is 6.39. The molecule has 0 aliphatic carbocycles. The maximum atomic E-state index is 4.95. The summed E-state index contributed by atoms with van der Waals surface area (Å²) in [4.78, 5) is 0. The van der Waals surface area contributed by atoms with E-state index in [2.05, 4.69) is 28.2 Å². The van der Waals surface area contributed by atoms with Gasteiger partial charge in [-0.25, -0.2) is 4.74 Å². The largest absolute Gasteiger partial charge is 0.343 e. The van der Waals surface area contributed by atoms with Gasteiger partial charge < -0.3 is 4.52 Å². The molecule has 0 N–H and O–H groups in total. The highest BCUT2D eigenvalue weighted by molar-refractivity contribution is 7.59. The van der Waals surface area contributed by atoms with E-state index in [1.54, 1.807) is 0 Å². The summed E-state index contributed by atoms with van der Waals surface area (Å²) in [7, 11) is 12.7. The molecule has 1 unspecified atom stereocenters. The molecule has 0 fully saturated rings. The Kier molecular flexibility index (Phi) is 6.38. The first kappa shape index (κ1) is 14.5. The Hall–Kier alpha value is 0.500. The summed E-state index contributed by atoms with van der Waals surface area (Å²) in [6.07, 6.45) is 0. The zero-order valence-corrected chi connectivity index (χ0v) is 12.0. The Morgan fingerprint density at radius 2 is 1.36 bits per heavy atom. The molecular formula is C7H22N4OP2. The van der Waals surface area contributed by atoms with Crippen molar-refractivity contribution in [3.05, 3.63) is 0 Å². The topological polar surface area (TPSA) is 31.3 Å². The molecular weight excluding hydrogens is 218 g/mol. The lowest BCUT2D eigenvalue weighted by molar-refractivity contribution is 0.379. The van der Waals surface area contributed by atoms with E-state index in [0.29, 0.717) is 6.73 Å². The van der Waals surface area contributed by atoms with Crippen molar-refractivity contribution in [3.8, 4) is 0 Å². The molecule has 0 bridgehead atoms. The molecule has 7 heteroatoms. The number of hydrogen-bond donors (Lipinski definition) is 0. The normalized spacial score (nSPS) is 13.0. The third-order valence-electron chi connectivity index (χ3n) is 1.93. The van der Waals surface area contributed by atoms with E-state index in [-0.39, 0.29) is 0 Å². The van der Waals surface area contributed by atoms with Gasteiger partial charge in [-0.15, -0.1) is 0 Å². The highest BCUT2D eigenvalue weighted by Crippen LogP contribution is 2.54. The number of hydrogen-bond acceptors (Lipinski definition) is 2. The fourth-order valence-corrected chi connectivity index (χ4v) is 4.89. The summed E-state index contributed by atoms with van der Waals surface area (Å²) in [5.41, 5.74) is 0. The highest BCUT2D eigenvalue weighted by atomic mass is 31.2. The molecule has 0 radical (unpaired) electrons. The van der Waals surface area contributed by atoms with Gasteiger partial charge >= 0.3 is 0 Å². The number of nitrogens with zero attached hydrogens (tertiary/aromatic N) is 4. The van der Waals surface area contributed by atoms with Crippen LogP contribution in [0.15, 0.2) is 4.74 Å². The molecule has 0 heterocycles. The van der Waals surface area contributed by atoms with E-state index in [4.69, 9.17) is 4.52 Å². The smallest absolute Gasteiger partial charge is 0.168 e. The Bertz CT molecular complexity index is 189. The van der Waals surface area contributed by atoms with Crippen LogP contribution < -0.4 is 0 Å². The van der Waals surface area contributed by atoms with E-state index in [0.717, 1.165) is 0 Å². The van der Waals surface area contributed by atoms with Crippen LogP contribution in [0, 0.1) is 0 Å². The summed E-state index contributed by atoms with van der Waals surface area (Å²) < 4.78 is 16.0. The van der Waals surface area contributed by atoms with Crippen LogP contribution in [-0.2, 0) is 4.52 Å². The minimum Gasteiger partial charge on any atom is -0.343 e. The van der Waals surface area contributed by atoms with Gasteiger partial charge in [-0.2, -0.15) is 0 Å². The fraction of sp³-hybridized carbons (Fsp3) is 1.00. The standard InChI is InChI=1S/C7H22N4OP2/c1-9(2)14(10(3)4,11(5)6)8-7-12-13/h7,13H2,1-6H3. The van der Waals surface area contributed by atoms with Crippen molar-refractivity contribution in [1.82, 2.24) is 14.0 Å². The average molecular weight is 240 g/mol. The van der Waals surface area contributed by atoms with Crippen LogP contribution in [0.1, 0.15) is 0 Å². The van der Waals surface area contributed by atoms with Gasteiger partial charge in [-0.1, -0.05) is 0 Å². The molecule has 5 nitrogen and oxygen atoms in total. The van der Waals surface area contributed by atoms with Gasteiger partial charge in [0.15, 0.2) is 7.51 Å². The summed E-state index contributed by atoms with van der Waals surface area (Å²) in [5, 5.41) is 0. The van der Waals surface area contributed by atoms with Gasteiger partial charge in [0.25, 0.3) is 0 Å². The van der Waals surface area contributed by atoms with Crippen molar-refractivity contribution < 1.29 is 4.52 Å². The molecule has 0 rings (SSSR count). The molecule has 0 saturated heterocycles. The van der Waals surface area contributed by atoms with Gasteiger partial charge in [-0.3, -0.25) is 14.0 Å². The van der Waals surface area contributed by atoms with Crippen molar-refractivity contribution in [2.45, 2.75) is 0 Å². The Morgan fingerprint density at radius 3 is 1.57 bits per heavy atom. The van der Waals surface area contributed by atoms with Crippen molar-refractivity contribution >= 4 is 17.0 Å². The Labute approximate surface area is 89.9 Å². The van der Waals surface area contributed by atoms with Crippen molar-refractivity contribution in [1.29, 1.82) is 0 Å². The summed E-state index contributed by atoms with van der Waals surface area (Å²) in [6.45, 7) is 0.396. The first-order valence-electron chi connectivity index (χ1n) is 4.32. The summed E-state index contributed by atoms with van der Waals surface area (Å²) in [6, 6.07) is 0. The molecule has 0 aliphatic rings. The minimum atomic E-state index is -1.74. The van der Waals surface area contributed by atoms with Crippen LogP contribution >= 0.6 is 17.0 Å². The van der Waals surface area contributed by atoms with E-state index in [1.807, 2.05) is 42.3 Å². The monoisotopic (exact) mass is 240 g/mol.